The van der Waals surface area contributed by atoms with Crippen molar-refractivity contribution in [2.45, 2.75) is 0 Å². The largest absolute Gasteiger partial charge is 0.271 e. The zero-order valence-electron chi connectivity index (χ0n) is 11.8. The van der Waals surface area contributed by atoms with E-state index >= 15 is 0 Å². The Morgan fingerprint density at radius 3 is 2.74 bits per heavy atom. The Morgan fingerprint density at radius 1 is 1.22 bits per heavy atom. The van der Waals surface area contributed by atoms with Crippen LogP contribution >= 0.6 is 15.9 Å². The lowest BCUT2D eigenvalue weighted by atomic mass is 10.2. The number of carbonyl (C=O) groups excluding carboxylic acids is 1. The quantitative estimate of drug-likeness (QED) is 0.563. The fourth-order valence-electron chi connectivity index (χ4n) is 1.86. The van der Waals surface area contributed by atoms with Crippen LogP contribution in [0.25, 0.3) is 5.69 Å². The summed E-state index contributed by atoms with van der Waals surface area (Å²) in [5.41, 5.74) is 4.63. The van der Waals surface area contributed by atoms with Crippen LogP contribution < -0.4 is 5.43 Å². The van der Waals surface area contributed by atoms with Gasteiger partial charge in [-0.05, 0) is 52.4 Å². The molecule has 0 spiro atoms. The van der Waals surface area contributed by atoms with Crippen LogP contribution in [0.2, 0.25) is 0 Å². The molecule has 114 valence electrons. The number of hydrogen-bond donors (Lipinski definition) is 1. The monoisotopic (exact) mass is 370 g/mol. The molecule has 0 atom stereocenters. The van der Waals surface area contributed by atoms with Crippen molar-refractivity contribution in [3.8, 4) is 5.69 Å². The van der Waals surface area contributed by atoms with Crippen LogP contribution in [0.3, 0.4) is 0 Å². The summed E-state index contributed by atoms with van der Waals surface area (Å²) in [5.74, 6) is -0.292. The van der Waals surface area contributed by atoms with E-state index in [0.717, 1.165) is 15.7 Å². The smallest absolute Gasteiger partial charge is 0.267 e. The second-order valence-electron chi connectivity index (χ2n) is 4.56. The molecule has 7 nitrogen and oxygen atoms in total. The van der Waals surface area contributed by atoms with Gasteiger partial charge in [0.2, 0.25) is 0 Å². The first kappa shape index (κ1) is 15.0. The third-order valence-corrected chi connectivity index (χ3v) is 3.46. The Labute approximate surface area is 140 Å². The molecule has 1 N–H and O–H groups in total. The van der Waals surface area contributed by atoms with E-state index < -0.39 is 0 Å². The van der Waals surface area contributed by atoms with Crippen molar-refractivity contribution in [3.63, 3.8) is 0 Å². The number of tetrazole rings is 1. The molecule has 0 aliphatic carbocycles. The van der Waals surface area contributed by atoms with E-state index in [9.17, 15) is 4.79 Å². The molecule has 1 heterocycles. The first-order chi connectivity index (χ1) is 11.2. The summed E-state index contributed by atoms with van der Waals surface area (Å²) in [6, 6.07) is 14.5. The van der Waals surface area contributed by atoms with Gasteiger partial charge in [-0.1, -0.05) is 28.1 Å². The maximum absolute atomic E-state index is 12.0. The third-order valence-electron chi connectivity index (χ3n) is 2.97. The van der Waals surface area contributed by atoms with Crippen LogP contribution in [-0.4, -0.2) is 32.3 Å². The Bertz CT molecular complexity index is 829. The maximum atomic E-state index is 12.0. The van der Waals surface area contributed by atoms with Gasteiger partial charge in [0.15, 0.2) is 0 Å². The second kappa shape index (κ2) is 6.93. The number of benzene rings is 2. The highest BCUT2D eigenvalue weighted by Gasteiger charge is 2.05. The minimum Gasteiger partial charge on any atom is -0.267 e. The van der Waals surface area contributed by atoms with E-state index in [2.05, 4.69) is 42.0 Å². The number of amides is 1. The number of halogens is 1. The summed E-state index contributed by atoms with van der Waals surface area (Å²) in [5, 5.41) is 14.9. The summed E-state index contributed by atoms with van der Waals surface area (Å²) in [6.45, 7) is 0. The second-order valence-corrected chi connectivity index (χ2v) is 5.47. The van der Waals surface area contributed by atoms with Crippen LogP contribution in [0, 0.1) is 0 Å². The molecule has 0 saturated carbocycles. The molecule has 3 aromatic rings. The number of hydrogen-bond acceptors (Lipinski definition) is 5. The first-order valence-electron chi connectivity index (χ1n) is 6.65. The molecule has 0 radical (unpaired) electrons. The average molecular weight is 371 g/mol. The summed E-state index contributed by atoms with van der Waals surface area (Å²) in [4.78, 5) is 12.0. The predicted molar refractivity (Wildman–Crippen MR) is 88.4 cm³/mol. The molecule has 0 saturated heterocycles. The van der Waals surface area contributed by atoms with E-state index in [4.69, 9.17) is 0 Å². The van der Waals surface area contributed by atoms with Gasteiger partial charge in [-0.3, -0.25) is 4.79 Å². The molecule has 0 aliphatic rings. The van der Waals surface area contributed by atoms with Gasteiger partial charge in [0.05, 0.1) is 11.9 Å². The molecular weight excluding hydrogens is 360 g/mol. The third kappa shape index (κ3) is 3.86. The fourth-order valence-corrected chi connectivity index (χ4v) is 2.28. The zero-order valence-corrected chi connectivity index (χ0v) is 13.4. The minimum atomic E-state index is -0.292. The van der Waals surface area contributed by atoms with Crippen LogP contribution in [0.5, 0.6) is 0 Å². The number of nitrogens with zero attached hydrogens (tertiary/aromatic N) is 5. The van der Waals surface area contributed by atoms with Crippen molar-refractivity contribution in [3.05, 3.63) is 70.5 Å². The molecule has 0 fully saturated rings. The number of nitrogens with one attached hydrogen (secondary N) is 1. The van der Waals surface area contributed by atoms with E-state index in [1.165, 1.54) is 11.0 Å². The maximum Gasteiger partial charge on any atom is 0.271 e. The number of rotatable bonds is 4. The highest BCUT2D eigenvalue weighted by molar-refractivity contribution is 9.10. The Morgan fingerprint density at radius 2 is 2.04 bits per heavy atom. The molecule has 1 amide bonds. The summed E-state index contributed by atoms with van der Waals surface area (Å²) < 4.78 is 2.46. The topological polar surface area (TPSA) is 85.1 Å². The Hall–Kier alpha value is -2.87. The minimum absolute atomic E-state index is 0.292. The van der Waals surface area contributed by atoms with Crippen molar-refractivity contribution < 1.29 is 4.79 Å². The van der Waals surface area contributed by atoms with Gasteiger partial charge in [0.1, 0.15) is 6.33 Å². The molecular formula is C15H11BrN6O. The Balaban J connectivity index is 1.64. The highest BCUT2D eigenvalue weighted by atomic mass is 79.9. The van der Waals surface area contributed by atoms with E-state index in [1.807, 2.05) is 24.3 Å². The lowest BCUT2D eigenvalue weighted by Crippen LogP contribution is -2.17. The van der Waals surface area contributed by atoms with E-state index in [-0.39, 0.29) is 5.91 Å². The van der Waals surface area contributed by atoms with Gasteiger partial charge >= 0.3 is 0 Å². The number of hydrazone groups is 1. The molecule has 0 unspecified atom stereocenters. The number of carbonyl (C=O) groups is 1. The van der Waals surface area contributed by atoms with Crippen molar-refractivity contribution in [2.75, 3.05) is 0 Å². The molecule has 0 bridgehead atoms. The molecule has 23 heavy (non-hydrogen) atoms. The van der Waals surface area contributed by atoms with Crippen LogP contribution in [-0.2, 0) is 0 Å². The normalized spacial score (nSPS) is 10.8. The first-order valence-corrected chi connectivity index (χ1v) is 7.44. The highest BCUT2D eigenvalue weighted by Crippen LogP contribution is 2.10. The molecule has 3 rings (SSSR count). The molecule has 0 aliphatic heterocycles. The van der Waals surface area contributed by atoms with E-state index in [0.29, 0.717) is 5.56 Å². The fraction of sp³-hybridized carbons (Fsp3) is 0. The van der Waals surface area contributed by atoms with Crippen molar-refractivity contribution >= 4 is 28.1 Å². The van der Waals surface area contributed by atoms with Gasteiger partial charge in [-0.15, -0.1) is 5.10 Å². The summed E-state index contributed by atoms with van der Waals surface area (Å²) >= 11 is 3.38. The molecule has 8 heteroatoms. The lowest BCUT2D eigenvalue weighted by molar-refractivity contribution is 0.0955. The average Bonchev–Trinajstić information content (AvgIpc) is 3.09. The molecule has 1 aromatic heterocycles. The zero-order chi connectivity index (χ0) is 16.1. The van der Waals surface area contributed by atoms with E-state index in [1.54, 1.807) is 30.5 Å². The Kier molecular flexibility index (Phi) is 4.53. The summed E-state index contributed by atoms with van der Waals surface area (Å²) in [6.07, 6.45) is 3.06. The summed E-state index contributed by atoms with van der Waals surface area (Å²) in [7, 11) is 0. The predicted octanol–water partition coefficient (Wildman–Crippen LogP) is 2.19. The van der Waals surface area contributed by atoms with Crippen molar-refractivity contribution in [1.82, 2.24) is 25.6 Å². The lowest BCUT2D eigenvalue weighted by Gasteiger charge is -2.02. The van der Waals surface area contributed by atoms with Crippen LogP contribution in [0.1, 0.15) is 15.9 Å². The van der Waals surface area contributed by atoms with Gasteiger partial charge in [-0.25, -0.2) is 10.1 Å². The van der Waals surface area contributed by atoms with Crippen molar-refractivity contribution in [2.24, 2.45) is 5.10 Å². The number of aromatic nitrogens is 4. The van der Waals surface area contributed by atoms with Crippen LogP contribution in [0.15, 0.2) is 64.4 Å². The van der Waals surface area contributed by atoms with Gasteiger partial charge in [0, 0.05) is 10.0 Å². The van der Waals surface area contributed by atoms with Gasteiger partial charge in [-0.2, -0.15) is 5.10 Å². The molecule has 2 aromatic carbocycles. The van der Waals surface area contributed by atoms with Crippen LogP contribution in [0.4, 0.5) is 0 Å². The van der Waals surface area contributed by atoms with Crippen molar-refractivity contribution in [1.29, 1.82) is 0 Å². The SMILES string of the molecule is O=C(N/N=C/c1cccc(Br)c1)c1ccc(-n2cnnn2)cc1. The van der Waals surface area contributed by atoms with Gasteiger partial charge in [0.25, 0.3) is 5.91 Å². The van der Waals surface area contributed by atoms with Gasteiger partial charge < -0.3 is 0 Å². The standard InChI is InChI=1S/C15H11BrN6O/c16-13-3-1-2-11(8-13)9-17-19-15(23)12-4-6-14(7-5-12)22-10-18-20-21-22/h1-10H,(H,19,23)/b17-9+.